The summed E-state index contributed by atoms with van der Waals surface area (Å²) < 4.78 is 6.85. The van der Waals surface area contributed by atoms with Crippen molar-refractivity contribution in [3.05, 3.63) is 40.8 Å². The van der Waals surface area contributed by atoms with Crippen LogP contribution in [0.2, 0.25) is 0 Å². The van der Waals surface area contributed by atoms with Crippen LogP contribution < -0.4 is 15.8 Å². The lowest BCUT2D eigenvalue weighted by Gasteiger charge is -2.24. The van der Waals surface area contributed by atoms with E-state index in [0.29, 0.717) is 31.2 Å². The van der Waals surface area contributed by atoms with Gasteiger partial charge in [0.1, 0.15) is 11.5 Å². The molecule has 1 amide bonds. The Morgan fingerprint density at radius 3 is 2.92 bits per heavy atom. The van der Waals surface area contributed by atoms with E-state index < -0.39 is 0 Å². The van der Waals surface area contributed by atoms with E-state index in [-0.39, 0.29) is 23.4 Å². The highest BCUT2D eigenvalue weighted by atomic mass is 16.5. The van der Waals surface area contributed by atoms with Gasteiger partial charge in [-0.05, 0) is 31.4 Å². The van der Waals surface area contributed by atoms with Crippen molar-refractivity contribution in [3.8, 4) is 0 Å². The van der Waals surface area contributed by atoms with Crippen molar-refractivity contribution in [1.82, 2.24) is 14.7 Å². The van der Waals surface area contributed by atoms with Gasteiger partial charge in [-0.1, -0.05) is 6.07 Å². The molecule has 2 saturated heterocycles. The summed E-state index contributed by atoms with van der Waals surface area (Å²) in [7, 11) is 0. The minimum absolute atomic E-state index is 0.0566. The predicted octanol–water partition coefficient (Wildman–Crippen LogP) is 0.816. The predicted molar refractivity (Wildman–Crippen MR) is 93.8 cm³/mol. The second-order valence-electron chi connectivity index (χ2n) is 6.71. The van der Waals surface area contributed by atoms with Gasteiger partial charge in [0, 0.05) is 44.6 Å². The highest BCUT2D eigenvalue weighted by Crippen LogP contribution is 2.22. The number of fused-ring (bicyclic) bond motifs is 1. The number of nitrogens with one attached hydrogen (secondary N) is 1. The average molecular weight is 342 g/mol. The SMILES string of the molecule is O=C(NC1CCOCC1)C1CCN(c2cc(=O)n3ccccc3n2)C1. The summed E-state index contributed by atoms with van der Waals surface area (Å²) in [6, 6.07) is 7.25. The lowest BCUT2D eigenvalue weighted by molar-refractivity contribution is -0.125. The van der Waals surface area contributed by atoms with Crippen LogP contribution >= 0.6 is 0 Å². The lowest BCUT2D eigenvalue weighted by atomic mass is 10.1. The van der Waals surface area contributed by atoms with Gasteiger partial charge >= 0.3 is 0 Å². The van der Waals surface area contributed by atoms with E-state index in [1.807, 2.05) is 23.1 Å². The molecule has 0 aliphatic carbocycles. The van der Waals surface area contributed by atoms with Crippen molar-refractivity contribution in [3.63, 3.8) is 0 Å². The van der Waals surface area contributed by atoms with Gasteiger partial charge in [0.05, 0.1) is 5.92 Å². The number of aromatic nitrogens is 2. The molecule has 4 heterocycles. The molecule has 0 spiro atoms. The van der Waals surface area contributed by atoms with Crippen LogP contribution in [-0.4, -0.2) is 47.6 Å². The summed E-state index contributed by atoms with van der Waals surface area (Å²) in [6.45, 7) is 2.77. The van der Waals surface area contributed by atoms with E-state index in [4.69, 9.17) is 4.74 Å². The molecular formula is C18H22N4O3. The summed E-state index contributed by atoms with van der Waals surface area (Å²) in [6.07, 6.45) is 4.25. The van der Waals surface area contributed by atoms with Crippen LogP contribution in [0.25, 0.3) is 5.65 Å². The second-order valence-corrected chi connectivity index (χ2v) is 6.71. The molecule has 2 aliphatic heterocycles. The Labute approximate surface area is 145 Å². The quantitative estimate of drug-likeness (QED) is 0.894. The summed E-state index contributed by atoms with van der Waals surface area (Å²) >= 11 is 0. The minimum Gasteiger partial charge on any atom is -0.381 e. The molecular weight excluding hydrogens is 320 g/mol. The number of anilines is 1. The maximum absolute atomic E-state index is 12.5. The number of ether oxygens (including phenoxy) is 1. The average Bonchev–Trinajstić information content (AvgIpc) is 3.13. The van der Waals surface area contributed by atoms with Gasteiger partial charge in [-0.3, -0.25) is 14.0 Å². The summed E-state index contributed by atoms with van der Waals surface area (Å²) in [4.78, 5) is 31.3. The monoisotopic (exact) mass is 342 g/mol. The summed E-state index contributed by atoms with van der Waals surface area (Å²) in [5, 5.41) is 3.14. The second kappa shape index (κ2) is 6.84. The summed E-state index contributed by atoms with van der Waals surface area (Å²) in [5.41, 5.74) is 0.524. The Morgan fingerprint density at radius 1 is 1.24 bits per heavy atom. The number of pyridine rings is 1. The number of nitrogens with zero attached hydrogens (tertiary/aromatic N) is 3. The van der Waals surface area contributed by atoms with E-state index in [2.05, 4.69) is 10.3 Å². The Kier molecular flexibility index (Phi) is 4.40. The van der Waals surface area contributed by atoms with Crippen LogP contribution in [0.15, 0.2) is 35.3 Å². The van der Waals surface area contributed by atoms with Crippen LogP contribution in [-0.2, 0) is 9.53 Å². The van der Waals surface area contributed by atoms with Crippen LogP contribution in [0.5, 0.6) is 0 Å². The molecule has 0 saturated carbocycles. The Bertz CT molecular complexity index is 828. The van der Waals surface area contributed by atoms with Crippen LogP contribution in [0.4, 0.5) is 5.82 Å². The molecule has 7 heteroatoms. The number of carbonyl (C=O) groups excluding carboxylic acids is 1. The fourth-order valence-corrected chi connectivity index (χ4v) is 3.55. The topological polar surface area (TPSA) is 75.9 Å². The van der Waals surface area contributed by atoms with Gasteiger partial charge < -0.3 is 15.0 Å². The van der Waals surface area contributed by atoms with Crippen molar-refractivity contribution in [2.45, 2.75) is 25.3 Å². The number of hydrogen-bond donors (Lipinski definition) is 1. The molecule has 2 aromatic heterocycles. The third-order valence-electron chi connectivity index (χ3n) is 5.01. The van der Waals surface area contributed by atoms with Gasteiger partial charge in [-0.25, -0.2) is 4.98 Å². The van der Waals surface area contributed by atoms with Crippen molar-refractivity contribution >= 4 is 17.4 Å². The van der Waals surface area contributed by atoms with Crippen LogP contribution in [0.1, 0.15) is 19.3 Å². The van der Waals surface area contributed by atoms with Gasteiger partial charge in [0.25, 0.3) is 5.56 Å². The molecule has 2 aromatic rings. The Morgan fingerprint density at radius 2 is 2.08 bits per heavy atom. The number of rotatable bonds is 3. The molecule has 7 nitrogen and oxygen atoms in total. The number of amides is 1. The molecule has 4 rings (SSSR count). The van der Waals surface area contributed by atoms with E-state index >= 15 is 0 Å². The first-order valence-electron chi connectivity index (χ1n) is 8.82. The Hall–Kier alpha value is -2.41. The molecule has 0 bridgehead atoms. The molecule has 2 fully saturated rings. The molecule has 25 heavy (non-hydrogen) atoms. The minimum atomic E-state index is -0.101. The molecule has 132 valence electrons. The third kappa shape index (κ3) is 3.37. The molecule has 0 aromatic carbocycles. The maximum atomic E-state index is 12.5. The zero-order valence-electron chi connectivity index (χ0n) is 14.1. The normalized spacial score (nSPS) is 21.6. The zero-order valence-corrected chi connectivity index (χ0v) is 14.1. The highest BCUT2D eigenvalue weighted by molar-refractivity contribution is 5.80. The van der Waals surface area contributed by atoms with Crippen molar-refractivity contribution in [1.29, 1.82) is 0 Å². The van der Waals surface area contributed by atoms with Gasteiger partial charge in [-0.15, -0.1) is 0 Å². The van der Waals surface area contributed by atoms with Gasteiger partial charge in [-0.2, -0.15) is 0 Å². The fraction of sp³-hybridized carbons (Fsp3) is 0.500. The number of hydrogen-bond acceptors (Lipinski definition) is 5. The van der Waals surface area contributed by atoms with E-state index in [9.17, 15) is 9.59 Å². The van der Waals surface area contributed by atoms with Gasteiger partial charge in [0.15, 0.2) is 0 Å². The summed E-state index contributed by atoms with van der Waals surface area (Å²) in [5.74, 6) is 0.698. The molecule has 0 radical (unpaired) electrons. The van der Waals surface area contributed by atoms with E-state index in [0.717, 1.165) is 25.8 Å². The highest BCUT2D eigenvalue weighted by Gasteiger charge is 2.30. The fourth-order valence-electron chi connectivity index (χ4n) is 3.55. The number of carbonyl (C=O) groups is 1. The largest absolute Gasteiger partial charge is 0.381 e. The first-order valence-corrected chi connectivity index (χ1v) is 8.82. The van der Waals surface area contributed by atoms with Crippen molar-refractivity contribution in [2.24, 2.45) is 5.92 Å². The van der Waals surface area contributed by atoms with E-state index in [1.165, 1.54) is 4.40 Å². The van der Waals surface area contributed by atoms with Crippen molar-refractivity contribution < 1.29 is 9.53 Å². The third-order valence-corrected chi connectivity index (χ3v) is 5.01. The van der Waals surface area contributed by atoms with Crippen molar-refractivity contribution in [2.75, 3.05) is 31.2 Å². The maximum Gasteiger partial charge on any atom is 0.259 e. The first-order chi connectivity index (χ1) is 12.2. The van der Waals surface area contributed by atoms with E-state index in [1.54, 1.807) is 12.3 Å². The Balaban J connectivity index is 1.45. The lowest BCUT2D eigenvalue weighted by Crippen LogP contribution is -2.42. The molecule has 2 aliphatic rings. The smallest absolute Gasteiger partial charge is 0.259 e. The molecule has 1 atom stereocenters. The molecule has 1 unspecified atom stereocenters. The van der Waals surface area contributed by atoms with Crippen LogP contribution in [0, 0.1) is 5.92 Å². The van der Waals surface area contributed by atoms with Gasteiger partial charge in [0.2, 0.25) is 5.91 Å². The first kappa shape index (κ1) is 16.1. The van der Waals surface area contributed by atoms with Crippen LogP contribution in [0.3, 0.4) is 0 Å². The standard InChI is InChI=1S/C18H22N4O3/c23-17-11-16(20-15-3-1-2-7-22(15)17)21-8-4-13(12-21)18(24)19-14-5-9-25-10-6-14/h1-3,7,11,13-14H,4-6,8-10,12H2,(H,19,24). The zero-order chi connectivity index (χ0) is 17.2. The molecule has 1 N–H and O–H groups in total.